The van der Waals surface area contributed by atoms with Gasteiger partial charge in [-0.1, -0.05) is 19.3 Å². The van der Waals surface area contributed by atoms with E-state index in [1.807, 2.05) is 0 Å². The van der Waals surface area contributed by atoms with Crippen LogP contribution in [0.1, 0.15) is 42.5 Å². The molecule has 1 unspecified atom stereocenters. The molecule has 0 radical (unpaired) electrons. The van der Waals surface area contributed by atoms with Crippen molar-refractivity contribution in [2.75, 3.05) is 20.8 Å². The van der Waals surface area contributed by atoms with Gasteiger partial charge in [0.05, 0.1) is 20.3 Å². The molecule has 1 atom stereocenters. The Morgan fingerprint density at radius 2 is 1.91 bits per heavy atom. The summed E-state index contributed by atoms with van der Waals surface area (Å²) < 4.78 is 10.3. The number of hydrogen-bond acceptors (Lipinski definition) is 4. The van der Waals surface area contributed by atoms with Gasteiger partial charge in [0, 0.05) is 12.1 Å². The smallest absolute Gasteiger partial charge is 0.251 e. The topological polar surface area (TPSA) is 67.8 Å². The number of methoxy groups -OCH3 is 2. The zero-order valence-corrected chi connectivity index (χ0v) is 13.3. The van der Waals surface area contributed by atoms with Gasteiger partial charge in [-0.15, -0.1) is 0 Å². The number of aliphatic hydroxyl groups excluding tert-OH is 1. The first kappa shape index (κ1) is 16.6. The Morgan fingerprint density at radius 3 is 2.55 bits per heavy atom. The zero-order valence-electron chi connectivity index (χ0n) is 13.3. The van der Waals surface area contributed by atoms with Crippen LogP contribution < -0.4 is 14.8 Å². The van der Waals surface area contributed by atoms with E-state index in [1.54, 1.807) is 25.3 Å². The molecule has 5 heteroatoms. The first-order chi connectivity index (χ1) is 10.7. The number of rotatable bonds is 6. The molecule has 0 bridgehead atoms. The van der Waals surface area contributed by atoms with E-state index in [0.717, 1.165) is 12.8 Å². The molecule has 5 nitrogen and oxygen atoms in total. The molecule has 0 spiro atoms. The van der Waals surface area contributed by atoms with Crippen LogP contribution in [0.3, 0.4) is 0 Å². The molecule has 22 heavy (non-hydrogen) atoms. The molecule has 2 N–H and O–H groups in total. The van der Waals surface area contributed by atoms with Crippen LogP contribution in [-0.4, -0.2) is 37.9 Å². The number of ether oxygens (including phenoxy) is 2. The summed E-state index contributed by atoms with van der Waals surface area (Å²) in [5, 5.41) is 13.0. The van der Waals surface area contributed by atoms with Gasteiger partial charge in [0.2, 0.25) is 0 Å². The maximum atomic E-state index is 12.2. The van der Waals surface area contributed by atoms with Crippen LogP contribution in [0, 0.1) is 5.92 Å². The molecule has 1 aliphatic rings. The minimum atomic E-state index is -0.468. The minimum absolute atomic E-state index is 0.212. The first-order valence-electron chi connectivity index (χ1n) is 7.84. The van der Waals surface area contributed by atoms with Crippen LogP contribution in [0.25, 0.3) is 0 Å². The third kappa shape index (κ3) is 4.13. The van der Waals surface area contributed by atoms with Gasteiger partial charge in [0.25, 0.3) is 5.91 Å². The second-order valence-electron chi connectivity index (χ2n) is 5.75. The van der Waals surface area contributed by atoms with Gasteiger partial charge in [-0.3, -0.25) is 4.79 Å². The number of carbonyl (C=O) groups is 1. The fourth-order valence-corrected chi connectivity index (χ4v) is 2.96. The minimum Gasteiger partial charge on any atom is -0.493 e. The quantitative estimate of drug-likeness (QED) is 0.846. The highest BCUT2D eigenvalue weighted by atomic mass is 16.5. The second kappa shape index (κ2) is 8.03. The van der Waals surface area contributed by atoms with Crippen LogP contribution in [0.2, 0.25) is 0 Å². The highest BCUT2D eigenvalue weighted by Gasteiger charge is 2.22. The van der Waals surface area contributed by atoms with Crippen molar-refractivity contribution >= 4 is 5.91 Å². The van der Waals surface area contributed by atoms with E-state index in [9.17, 15) is 9.90 Å². The molecular weight excluding hydrogens is 282 g/mol. The average Bonchev–Trinajstić information content (AvgIpc) is 2.59. The van der Waals surface area contributed by atoms with E-state index < -0.39 is 6.10 Å². The normalized spacial score (nSPS) is 16.9. The van der Waals surface area contributed by atoms with E-state index in [0.29, 0.717) is 23.0 Å². The predicted octanol–water partition coefficient (Wildman–Crippen LogP) is 2.37. The third-order valence-corrected chi connectivity index (χ3v) is 4.31. The Balaban J connectivity index is 1.91. The van der Waals surface area contributed by atoms with Crippen molar-refractivity contribution < 1.29 is 19.4 Å². The van der Waals surface area contributed by atoms with Crippen LogP contribution in [0.5, 0.6) is 11.5 Å². The van der Waals surface area contributed by atoms with Crippen LogP contribution in [0.15, 0.2) is 18.2 Å². The fourth-order valence-electron chi connectivity index (χ4n) is 2.96. The van der Waals surface area contributed by atoms with Gasteiger partial charge in [-0.2, -0.15) is 0 Å². The van der Waals surface area contributed by atoms with E-state index in [-0.39, 0.29) is 12.5 Å². The Labute approximate surface area is 131 Å². The summed E-state index contributed by atoms with van der Waals surface area (Å²) in [5.41, 5.74) is 0.494. The number of amides is 1. The number of carbonyl (C=O) groups excluding carboxylic acids is 1. The molecule has 1 aromatic rings. The molecule has 1 fully saturated rings. The molecule has 2 rings (SSSR count). The molecule has 0 aromatic heterocycles. The number of benzene rings is 1. The summed E-state index contributed by atoms with van der Waals surface area (Å²) in [7, 11) is 3.09. The zero-order chi connectivity index (χ0) is 15.9. The second-order valence-corrected chi connectivity index (χ2v) is 5.75. The van der Waals surface area contributed by atoms with Crippen LogP contribution in [-0.2, 0) is 0 Å². The molecular formula is C17H25NO4. The Bertz CT molecular complexity index is 497. The van der Waals surface area contributed by atoms with E-state index in [2.05, 4.69) is 5.32 Å². The number of aliphatic hydroxyl groups is 1. The monoisotopic (exact) mass is 307 g/mol. The maximum Gasteiger partial charge on any atom is 0.251 e. The molecule has 122 valence electrons. The molecule has 1 amide bonds. The number of nitrogens with one attached hydrogen (secondary N) is 1. The van der Waals surface area contributed by atoms with Gasteiger partial charge < -0.3 is 19.9 Å². The van der Waals surface area contributed by atoms with Crippen molar-refractivity contribution in [2.45, 2.75) is 38.2 Å². The fraction of sp³-hybridized carbons (Fsp3) is 0.588. The van der Waals surface area contributed by atoms with E-state index in [4.69, 9.17) is 9.47 Å². The van der Waals surface area contributed by atoms with Crippen molar-refractivity contribution in [1.29, 1.82) is 0 Å². The van der Waals surface area contributed by atoms with Crippen molar-refractivity contribution in [3.05, 3.63) is 23.8 Å². The Morgan fingerprint density at radius 1 is 1.23 bits per heavy atom. The Kier molecular flexibility index (Phi) is 6.07. The summed E-state index contributed by atoms with van der Waals surface area (Å²) in [6.45, 7) is 0.290. The van der Waals surface area contributed by atoms with Gasteiger partial charge >= 0.3 is 0 Å². The van der Waals surface area contributed by atoms with Crippen LogP contribution >= 0.6 is 0 Å². The Hall–Kier alpha value is -1.75. The lowest BCUT2D eigenvalue weighted by Crippen LogP contribution is -2.37. The van der Waals surface area contributed by atoms with Crippen molar-refractivity contribution in [2.24, 2.45) is 5.92 Å². The summed E-state index contributed by atoms with van der Waals surface area (Å²) in [5.74, 6) is 1.19. The highest BCUT2D eigenvalue weighted by molar-refractivity contribution is 5.94. The standard InChI is InChI=1S/C17H25NO4/c1-21-15-9-8-13(10-16(15)22-2)17(20)18-11-14(19)12-6-4-3-5-7-12/h8-10,12,14,19H,3-7,11H2,1-2H3,(H,18,20). The lowest BCUT2D eigenvalue weighted by Gasteiger charge is -2.26. The van der Waals surface area contributed by atoms with Gasteiger partial charge in [-0.05, 0) is 37.0 Å². The lowest BCUT2D eigenvalue weighted by atomic mass is 9.85. The molecule has 0 heterocycles. The third-order valence-electron chi connectivity index (χ3n) is 4.31. The summed E-state index contributed by atoms with van der Waals surface area (Å²) in [4.78, 5) is 12.2. The summed E-state index contributed by atoms with van der Waals surface area (Å²) in [6.07, 6.45) is 5.23. The highest BCUT2D eigenvalue weighted by Crippen LogP contribution is 2.28. The van der Waals surface area contributed by atoms with E-state index in [1.165, 1.54) is 26.4 Å². The predicted molar refractivity (Wildman–Crippen MR) is 84.5 cm³/mol. The lowest BCUT2D eigenvalue weighted by molar-refractivity contribution is 0.0738. The average molecular weight is 307 g/mol. The van der Waals surface area contributed by atoms with Gasteiger partial charge in [0.1, 0.15) is 0 Å². The molecule has 0 saturated heterocycles. The van der Waals surface area contributed by atoms with Crippen molar-refractivity contribution in [1.82, 2.24) is 5.32 Å². The first-order valence-corrected chi connectivity index (χ1v) is 7.84. The SMILES string of the molecule is COc1ccc(C(=O)NCC(O)C2CCCCC2)cc1OC. The number of hydrogen-bond donors (Lipinski definition) is 2. The van der Waals surface area contributed by atoms with Gasteiger partial charge in [0.15, 0.2) is 11.5 Å². The van der Waals surface area contributed by atoms with Crippen LogP contribution in [0.4, 0.5) is 0 Å². The summed E-state index contributed by atoms with van der Waals surface area (Å²) >= 11 is 0. The molecule has 0 aliphatic heterocycles. The molecule has 1 aromatic carbocycles. The van der Waals surface area contributed by atoms with Crippen molar-refractivity contribution in [3.8, 4) is 11.5 Å². The summed E-state index contributed by atoms with van der Waals surface area (Å²) in [6, 6.07) is 5.02. The van der Waals surface area contributed by atoms with Gasteiger partial charge in [-0.25, -0.2) is 0 Å². The largest absolute Gasteiger partial charge is 0.493 e. The van der Waals surface area contributed by atoms with Crippen molar-refractivity contribution in [3.63, 3.8) is 0 Å². The molecule has 1 saturated carbocycles. The maximum absolute atomic E-state index is 12.2. The molecule has 1 aliphatic carbocycles. The van der Waals surface area contributed by atoms with E-state index >= 15 is 0 Å².